The van der Waals surface area contributed by atoms with E-state index in [-0.39, 0.29) is 63.7 Å². The number of allylic oxidation sites excluding steroid dienone is 1. The monoisotopic (exact) mass is 657 g/mol. The van der Waals surface area contributed by atoms with Crippen LogP contribution in [0.3, 0.4) is 0 Å². The van der Waals surface area contributed by atoms with Crippen LogP contribution in [-0.2, 0) is 19.1 Å². The lowest BCUT2D eigenvalue weighted by Gasteiger charge is -2.72. The molecule has 48 heavy (non-hydrogen) atoms. The number of benzene rings is 1. The van der Waals surface area contributed by atoms with Gasteiger partial charge in [-0.15, -0.1) is 0 Å². The van der Waals surface area contributed by atoms with Gasteiger partial charge in [0.25, 0.3) is 5.91 Å². The van der Waals surface area contributed by atoms with Gasteiger partial charge in [-0.25, -0.2) is 0 Å². The van der Waals surface area contributed by atoms with Crippen molar-refractivity contribution in [3.05, 3.63) is 47.0 Å². The van der Waals surface area contributed by atoms with Crippen LogP contribution in [0.1, 0.15) is 137 Å². The van der Waals surface area contributed by atoms with Crippen LogP contribution < -0.4 is 5.32 Å². The van der Waals surface area contributed by atoms with Crippen LogP contribution in [0.25, 0.3) is 0 Å². The first-order valence-electron chi connectivity index (χ1n) is 18.7. The Morgan fingerprint density at radius 2 is 1.60 bits per heavy atom. The second-order valence-corrected chi connectivity index (χ2v) is 18.7. The third-order valence-electron chi connectivity index (χ3n) is 15.0. The Morgan fingerprint density at radius 3 is 2.25 bits per heavy atom. The first-order valence-corrected chi connectivity index (χ1v) is 18.7. The lowest BCUT2D eigenvalue weighted by molar-refractivity contribution is -0.232. The zero-order valence-electron chi connectivity index (χ0n) is 31.0. The van der Waals surface area contributed by atoms with Crippen LogP contribution in [0.2, 0.25) is 0 Å². The topological polar surface area (TPSA) is 89.5 Å². The Hall–Kier alpha value is -2.76. The molecule has 0 spiro atoms. The van der Waals surface area contributed by atoms with Crippen molar-refractivity contribution in [3.63, 3.8) is 0 Å². The van der Waals surface area contributed by atoms with Gasteiger partial charge in [0, 0.05) is 22.8 Å². The van der Waals surface area contributed by atoms with Crippen LogP contribution in [0.15, 0.2) is 41.5 Å². The number of esters is 1. The van der Waals surface area contributed by atoms with Crippen molar-refractivity contribution in [1.82, 2.24) is 5.32 Å². The number of carbonyl (C=O) groups excluding carboxylic acids is 4. The number of ether oxygens (including phenoxy) is 1. The van der Waals surface area contributed by atoms with Gasteiger partial charge < -0.3 is 14.8 Å². The van der Waals surface area contributed by atoms with E-state index in [4.69, 9.17) is 4.74 Å². The Morgan fingerprint density at radius 1 is 0.917 bits per heavy atom. The largest absolute Gasteiger partial charge is 0.462 e. The fourth-order valence-electron chi connectivity index (χ4n) is 12.4. The lowest BCUT2D eigenvalue weighted by Crippen LogP contribution is -2.67. The standard InChI is InChI=1S/C42H59NO5/c1-26(2)34-29(45)23-42(43-36(47)27-13-11-10-12-14-27)22-21-40(8)28(35(34)42)15-16-31-39(7)19-18-32(48-33(46)24-37(3,4)25-44)38(5,6)30(39)17-20-41(31,40)9/h10-14,25-26,28,30-32H,15-24H2,1-9H3,(H,43,47)/t28-,30+,31-,32+,39+,40-,41-,42-/m1/s1. The second kappa shape index (κ2) is 11.7. The maximum absolute atomic E-state index is 13.9. The number of ketones is 1. The van der Waals surface area contributed by atoms with Gasteiger partial charge in [0.15, 0.2) is 5.78 Å². The molecule has 262 valence electrons. The van der Waals surface area contributed by atoms with Gasteiger partial charge in [-0.3, -0.25) is 14.4 Å². The summed E-state index contributed by atoms with van der Waals surface area (Å²) in [6.45, 7) is 20.1. The highest BCUT2D eigenvalue weighted by Crippen LogP contribution is 2.76. The predicted molar refractivity (Wildman–Crippen MR) is 188 cm³/mol. The highest BCUT2D eigenvalue weighted by atomic mass is 16.5. The van der Waals surface area contributed by atoms with Crippen molar-refractivity contribution < 1.29 is 23.9 Å². The minimum absolute atomic E-state index is 0.00116. The summed E-state index contributed by atoms with van der Waals surface area (Å²) in [4.78, 5) is 52.1. The van der Waals surface area contributed by atoms with E-state index < -0.39 is 11.0 Å². The van der Waals surface area contributed by atoms with Crippen LogP contribution >= 0.6 is 0 Å². The SMILES string of the molecule is CC(C)C1=C2[C@H]3CC[C@@H]4[C@@]5(C)CC[C@H](OC(=O)CC(C)(C)C=O)C(C)(C)[C@@H]5CC[C@@]4(C)[C@]3(C)CC[C@@]2(NC(=O)c2ccccc2)CC1=O. The molecule has 0 heterocycles. The molecule has 5 aliphatic carbocycles. The number of rotatable bonds is 7. The highest BCUT2D eigenvalue weighted by molar-refractivity contribution is 6.03. The summed E-state index contributed by atoms with van der Waals surface area (Å²) in [6, 6.07) is 9.43. The molecule has 8 atom stereocenters. The summed E-state index contributed by atoms with van der Waals surface area (Å²) < 4.78 is 6.20. The highest BCUT2D eigenvalue weighted by Gasteiger charge is 2.70. The van der Waals surface area contributed by atoms with Gasteiger partial charge in [0.05, 0.1) is 12.0 Å². The summed E-state index contributed by atoms with van der Waals surface area (Å²) in [5, 5.41) is 3.48. The fraction of sp³-hybridized carbons (Fsp3) is 0.714. The zero-order chi connectivity index (χ0) is 35.1. The lowest BCUT2D eigenvalue weighted by atomic mass is 9.33. The number of hydrogen-bond donors (Lipinski definition) is 1. The Kier molecular flexibility index (Phi) is 8.52. The molecular formula is C42H59NO5. The average Bonchev–Trinajstić information content (AvgIpc) is 3.31. The number of nitrogens with one attached hydrogen (secondary N) is 1. The number of fused-ring (bicyclic) bond motifs is 7. The molecule has 4 saturated carbocycles. The molecule has 0 aromatic heterocycles. The molecule has 4 fully saturated rings. The van der Waals surface area contributed by atoms with Gasteiger partial charge in [0.1, 0.15) is 12.4 Å². The van der Waals surface area contributed by atoms with Crippen LogP contribution in [0.5, 0.6) is 0 Å². The molecule has 0 radical (unpaired) electrons. The zero-order valence-corrected chi connectivity index (χ0v) is 31.0. The predicted octanol–water partition coefficient (Wildman–Crippen LogP) is 8.68. The molecule has 6 nitrogen and oxygen atoms in total. The number of hydrogen-bond acceptors (Lipinski definition) is 5. The van der Waals surface area contributed by atoms with Gasteiger partial charge >= 0.3 is 5.97 Å². The van der Waals surface area contributed by atoms with Crippen LogP contribution in [-0.4, -0.2) is 35.6 Å². The van der Waals surface area contributed by atoms with E-state index in [9.17, 15) is 19.2 Å². The molecule has 1 amide bonds. The first kappa shape index (κ1) is 35.1. The molecule has 0 unspecified atom stereocenters. The molecule has 1 aromatic carbocycles. The third kappa shape index (κ3) is 5.16. The molecule has 0 aliphatic heterocycles. The second-order valence-electron chi connectivity index (χ2n) is 18.7. The average molecular weight is 658 g/mol. The number of aldehydes is 1. The summed E-state index contributed by atoms with van der Waals surface area (Å²) in [5.41, 5.74) is 1.53. The van der Waals surface area contributed by atoms with E-state index >= 15 is 0 Å². The van der Waals surface area contributed by atoms with Crippen molar-refractivity contribution in [2.45, 2.75) is 138 Å². The van der Waals surface area contributed by atoms with Crippen molar-refractivity contribution in [2.75, 3.05) is 0 Å². The molecule has 5 aliphatic rings. The van der Waals surface area contributed by atoms with E-state index in [1.807, 2.05) is 30.3 Å². The minimum atomic E-state index is -0.720. The molecule has 0 saturated heterocycles. The fourth-order valence-corrected chi connectivity index (χ4v) is 12.4. The Bertz CT molecular complexity index is 1520. The molecule has 6 heteroatoms. The molecular weight excluding hydrogens is 598 g/mol. The van der Waals surface area contributed by atoms with Gasteiger partial charge in [-0.05, 0) is 115 Å². The van der Waals surface area contributed by atoms with Gasteiger partial charge in [-0.2, -0.15) is 0 Å². The third-order valence-corrected chi connectivity index (χ3v) is 15.0. The van der Waals surface area contributed by atoms with Crippen molar-refractivity contribution in [2.24, 2.45) is 50.7 Å². The molecule has 0 bridgehead atoms. The van der Waals surface area contributed by atoms with Crippen LogP contribution in [0, 0.1) is 50.7 Å². The summed E-state index contributed by atoms with van der Waals surface area (Å²) in [6.07, 6.45) is 9.12. The maximum Gasteiger partial charge on any atom is 0.307 e. The summed E-state index contributed by atoms with van der Waals surface area (Å²) in [5.74, 6) is 1.15. The first-order chi connectivity index (χ1) is 22.4. The number of amides is 1. The van der Waals surface area contributed by atoms with Gasteiger partial charge in [-0.1, -0.05) is 80.5 Å². The van der Waals surface area contributed by atoms with Gasteiger partial charge in [0.2, 0.25) is 0 Å². The Balaban J connectivity index is 1.31. The van der Waals surface area contributed by atoms with E-state index in [2.05, 4.69) is 53.8 Å². The maximum atomic E-state index is 13.9. The van der Waals surface area contributed by atoms with E-state index in [1.165, 1.54) is 5.57 Å². The van der Waals surface area contributed by atoms with Crippen LogP contribution in [0.4, 0.5) is 0 Å². The Labute approximate surface area is 288 Å². The quantitative estimate of drug-likeness (QED) is 0.234. The van der Waals surface area contributed by atoms with Crippen molar-refractivity contribution >= 4 is 23.9 Å². The summed E-state index contributed by atoms with van der Waals surface area (Å²) in [7, 11) is 0. The smallest absolute Gasteiger partial charge is 0.307 e. The van der Waals surface area contributed by atoms with Crippen molar-refractivity contribution in [1.29, 1.82) is 0 Å². The van der Waals surface area contributed by atoms with E-state index in [1.54, 1.807) is 13.8 Å². The summed E-state index contributed by atoms with van der Waals surface area (Å²) >= 11 is 0. The normalized spacial score (nSPS) is 38.8. The molecule has 1 aromatic rings. The van der Waals surface area contributed by atoms with Crippen molar-refractivity contribution in [3.8, 4) is 0 Å². The van der Waals surface area contributed by atoms with E-state index in [0.717, 1.165) is 63.2 Å². The molecule has 6 rings (SSSR count). The number of carbonyl (C=O) groups is 4. The minimum Gasteiger partial charge on any atom is -0.462 e. The van der Waals surface area contributed by atoms with E-state index in [0.29, 0.717) is 23.8 Å². The molecule has 1 N–H and O–H groups in total. The number of Topliss-reactive ketones (excluding diaryl/α,β-unsaturated/α-hetero) is 1.